The highest BCUT2D eigenvalue weighted by molar-refractivity contribution is 4.89. The van der Waals surface area contributed by atoms with Crippen molar-refractivity contribution in [1.29, 1.82) is 0 Å². The van der Waals surface area contributed by atoms with Crippen molar-refractivity contribution >= 4 is 0 Å². The molecule has 0 spiro atoms. The molecule has 0 aromatic carbocycles. The summed E-state index contributed by atoms with van der Waals surface area (Å²) in [5, 5.41) is 7.58. The first-order chi connectivity index (χ1) is 7.16. The van der Waals surface area contributed by atoms with Crippen LogP contribution in [0, 0.1) is 5.92 Å². The van der Waals surface area contributed by atoms with Crippen LogP contribution in [-0.4, -0.2) is 27.9 Å². The second-order valence-corrected chi connectivity index (χ2v) is 4.51. The summed E-state index contributed by atoms with van der Waals surface area (Å²) in [6, 6.07) is 0. The van der Waals surface area contributed by atoms with E-state index in [-0.39, 0.29) is 11.6 Å². The van der Waals surface area contributed by atoms with Crippen LogP contribution in [-0.2, 0) is 6.54 Å². The van der Waals surface area contributed by atoms with Gasteiger partial charge in [0, 0.05) is 5.92 Å². The molecule has 1 atom stereocenters. The Hall–Kier alpha value is -1.10. The van der Waals surface area contributed by atoms with E-state index in [1.807, 2.05) is 13.8 Å². The first kappa shape index (κ1) is 10.4. The summed E-state index contributed by atoms with van der Waals surface area (Å²) in [6.07, 6.45) is 1.14. The quantitative estimate of drug-likeness (QED) is 0.754. The third kappa shape index (κ3) is 2.28. The topological polar surface area (TPSA) is 62.7 Å². The Morgan fingerprint density at radius 2 is 2.40 bits per heavy atom. The van der Waals surface area contributed by atoms with Crippen molar-refractivity contribution in [3.8, 4) is 0 Å². The predicted octanol–water partition coefficient (Wildman–Crippen LogP) is 0.304. The minimum Gasteiger partial charge on any atom is -0.316 e. The highest BCUT2D eigenvalue weighted by atomic mass is 16.1. The van der Waals surface area contributed by atoms with Gasteiger partial charge in [0.15, 0.2) is 0 Å². The average molecular weight is 210 g/mol. The third-order valence-electron chi connectivity index (χ3n) is 2.84. The highest BCUT2D eigenvalue weighted by Crippen LogP contribution is 2.10. The Balaban J connectivity index is 2.10. The fourth-order valence-corrected chi connectivity index (χ4v) is 1.87. The Morgan fingerprint density at radius 1 is 1.60 bits per heavy atom. The molecule has 0 radical (unpaired) electrons. The van der Waals surface area contributed by atoms with Gasteiger partial charge in [0.05, 0.1) is 6.54 Å². The molecule has 1 unspecified atom stereocenters. The lowest BCUT2D eigenvalue weighted by molar-refractivity contribution is 0.437. The SMILES string of the molecule is CC(C)c1nn(CC2CCNC2)c(=O)[nH]1. The molecule has 0 amide bonds. The summed E-state index contributed by atoms with van der Waals surface area (Å²) >= 11 is 0. The molecular formula is C10H18N4O. The van der Waals surface area contributed by atoms with Gasteiger partial charge in [-0.1, -0.05) is 13.8 Å². The average Bonchev–Trinajstić information content (AvgIpc) is 2.77. The molecule has 1 fully saturated rings. The lowest BCUT2D eigenvalue weighted by atomic mass is 10.1. The van der Waals surface area contributed by atoms with Gasteiger partial charge in [0.1, 0.15) is 5.82 Å². The summed E-state index contributed by atoms with van der Waals surface area (Å²) in [7, 11) is 0. The fourth-order valence-electron chi connectivity index (χ4n) is 1.87. The zero-order valence-electron chi connectivity index (χ0n) is 9.29. The van der Waals surface area contributed by atoms with E-state index in [2.05, 4.69) is 15.4 Å². The molecule has 2 N–H and O–H groups in total. The molecule has 84 valence electrons. The maximum atomic E-state index is 11.6. The van der Waals surface area contributed by atoms with Crippen molar-refractivity contribution in [2.45, 2.75) is 32.7 Å². The first-order valence-corrected chi connectivity index (χ1v) is 5.54. The maximum absolute atomic E-state index is 11.6. The van der Waals surface area contributed by atoms with E-state index >= 15 is 0 Å². The summed E-state index contributed by atoms with van der Waals surface area (Å²) in [5.41, 5.74) is -0.0781. The van der Waals surface area contributed by atoms with Crippen LogP contribution < -0.4 is 11.0 Å². The largest absolute Gasteiger partial charge is 0.343 e. The Labute approximate surface area is 88.9 Å². The predicted molar refractivity (Wildman–Crippen MR) is 57.9 cm³/mol. The zero-order chi connectivity index (χ0) is 10.8. The number of rotatable bonds is 3. The molecule has 1 aliphatic heterocycles. The molecule has 2 heterocycles. The van der Waals surface area contributed by atoms with Crippen molar-refractivity contribution in [2.24, 2.45) is 5.92 Å². The smallest absolute Gasteiger partial charge is 0.316 e. The lowest BCUT2D eigenvalue weighted by Gasteiger charge is -2.06. The Bertz CT molecular complexity index is 373. The molecule has 5 nitrogen and oxygen atoms in total. The van der Waals surface area contributed by atoms with Crippen LogP contribution in [0.2, 0.25) is 0 Å². The van der Waals surface area contributed by atoms with Crippen molar-refractivity contribution in [2.75, 3.05) is 13.1 Å². The van der Waals surface area contributed by atoms with E-state index in [4.69, 9.17) is 0 Å². The van der Waals surface area contributed by atoms with Crippen LogP contribution in [0.3, 0.4) is 0 Å². The molecule has 0 saturated carbocycles. The van der Waals surface area contributed by atoms with Crippen LogP contribution in [0.15, 0.2) is 4.79 Å². The number of hydrogen-bond donors (Lipinski definition) is 2. The van der Waals surface area contributed by atoms with Gasteiger partial charge in [-0.05, 0) is 25.4 Å². The van der Waals surface area contributed by atoms with Crippen LogP contribution in [0.4, 0.5) is 0 Å². The minimum absolute atomic E-state index is 0.0781. The maximum Gasteiger partial charge on any atom is 0.343 e. The third-order valence-corrected chi connectivity index (χ3v) is 2.84. The van der Waals surface area contributed by atoms with Crippen LogP contribution in [0.5, 0.6) is 0 Å². The van der Waals surface area contributed by atoms with Gasteiger partial charge >= 0.3 is 5.69 Å². The number of aromatic nitrogens is 3. The fraction of sp³-hybridized carbons (Fsp3) is 0.800. The molecule has 1 aromatic heterocycles. The molecule has 15 heavy (non-hydrogen) atoms. The molecule has 0 aliphatic carbocycles. The van der Waals surface area contributed by atoms with Gasteiger partial charge < -0.3 is 5.32 Å². The van der Waals surface area contributed by atoms with Gasteiger partial charge in [0.2, 0.25) is 0 Å². The molecule has 1 aliphatic rings. The van der Waals surface area contributed by atoms with Crippen molar-refractivity contribution in [3.63, 3.8) is 0 Å². The van der Waals surface area contributed by atoms with Crippen molar-refractivity contribution in [3.05, 3.63) is 16.3 Å². The van der Waals surface area contributed by atoms with E-state index in [1.54, 1.807) is 4.68 Å². The Morgan fingerprint density at radius 3 is 2.93 bits per heavy atom. The van der Waals surface area contributed by atoms with Gasteiger partial charge in [-0.15, -0.1) is 0 Å². The van der Waals surface area contributed by atoms with Crippen molar-refractivity contribution < 1.29 is 0 Å². The molecule has 5 heteroatoms. The summed E-state index contributed by atoms with van der Waals surface area (Å²) in [6.45, 7) is 6.84. The van der Waals surface area contributed by atoms with E-state index < -0.39 is 0 Å². The van der Waals surface area contributed by atoms with E-state index in [0.29, 0.717) is 5.92 Å². The van der Waals surface area contributed by atoms with Gasteiger partial charge in [-0.2, -0.15) is 5.10 Å². The number of hydrogen-bond acceptors (Lipinski definition) is 3. The highest BCUT2D eigenvalue weighted by Gasteiger charge is 2.17. The number of nitrogens with zero attached hydrogens (tertiary/aromatic N) is 2. The monoisotopic (exact) mass is 210 g/mol. The van der Waals surface area contributed by atoms with Gasteiger partial charge in [-0.25, -0.2) is 9.48 Å². The minimum atomic E-state index is -0.0781. The molecular weight excluding hydrogens is 192 g/mol. The van der Waals surface area contributed by atoms with Crippen LogP contribution in [0.1, 0.15) is 32.0 Å². The summed E-state index contributed by atoms with van der Waals surface area (Å²) < 4.78 is 1.56. The summed E-state index contributed by atoms with van der Waals surface area (Å²) in [4.78, 5) is 14.4. The lowest BCUT2D eigenvalue weighted by Crippen LogP contribution is -2.24. The molecule has 1 saturated heterocycles. The van der Waals surface area contributed by atoms with Gasteiger partial charge in [-0.3, -0.25) is 4.98 Å². The first-order valence-electron chi connectivity index (χ1n) is 5.54. The molecule has 2 rings (SSSR count). The van der Waals surface area contributed by atoms with E-state index in [1.165, 1.54) is 0 Å². The summed E-state index contributed by atoms with van der Waals surface area (Å²) in [5.74, 6) is 1.61. The normalized spacial score (nSPS) is 21.4. The Kier molecular flexibility index (Phi) is 2.90. The second kappa shape index (κ2) is 4.18. The zero-order valence-corrected chi connectivity index (χ0v) is 9.29. The molecule has 1 aromatic rings. The van der Waals surface area contributed by atoms with Crippen molar-refractivity contribution in [1.82, 2.24) is 20.1 Å². The van der Waals surface area contributed by atoms with Crippen LogP contribution >= 0.6 is 0 Å². The second-order valence-electron chi connectivity index (χ2n) is 4.51. The number of nitrogens with one attached hydrogen (secondary N) is 2. The molecule has 0 bridgehead atoms. The number of aromatic amines is 1. The standard InChI is InChI=1S/C10H18N4O/c1-7(2)9-12-10(15)14(13-9)6-8-3-4-11-5-8/h7-8,11H,3-6H2,1-2H3,(H,12,13,15). The van der Waals surface area contributed by atoms with E-state index in [0.717, 1.165) is 31.9 Å². The number of H-pyrrole nitrogens is 1. The van der Waals surface area contributed by atoms with Crippen LogP contribution in [0.25, 0.3) is 0 Å². The van der Waals surface area contributed by atoms with Gasteiger partial charge in [0.25, 0.3) is 0 Å². The van der Waals surface area contributed by atoms with E-state index in [9.17, 15) is 4.79 Å².